The van der Waals surface area contributed by atoms with Gasteiger partial charge in [0.25, 0.3) is 0 Å². The summed E-state index contributed by atoms with van der Waals surface area (Å²) in [6.07, 6.45) is 0. The number of ether oxygens (including phenoxy) is 1. The Morgan fingerprint density at radius 1 is 1.10 bits per heavy atom. The fourth-order valence-corrected chi connectivity index (χ4v) is 3.06. The molecule has 0 unspecified atom stereocenters. The molecule has 2 aromatic carbocycles. The van der Waals surface area contributed by atoms with Crippen molar-refractivity contribution in [1.29, 1.82) is 0 Å². The van der Waals surface area contributed by atoms with E-state index in [0.29, 0.717) is 11.4 Å². The molecule has 0 bridgehead atoms. The summed E-state index contributed by atoms with van der Waals surface area (Å²) < 4.78 is 6.98. The number of hydrogen-bond acceptors (Lipinski definition) is 3. The van der Waals surface area contributed by atoms with Gasteiger partial charge in [0.05, 0.1) is 25.0 Å². The summed E-state index contributed by atoms with van der Waals surface area (Å²) in [5.74, 6) is 0.482. The number of methoxy groups -OCH3 is 1. The summed E-state index contributed by atoms with van der Waals surface area (Å²) in [5.41, 5.74) is 1.49. The van der Waals surface area contributed by atoms with Crippen LogP contribution in [0.3, 0.4) is 0 Å². The van der Waals surface area contributed by atoms with E-state index in [1.807, 2.05) is 30.3 Å². The zero-order valence-electron chi connectivity index (χ0n) is 11.3. The summed E-state index contributed by atoms with van der Waals surface area (Å²) >= 11 is 6.89. The maximum Gasteiger partial charge on any atom is 0.243 e. The molecule has 0 radical (unpaired) electrons. The van der Waals surface area contributed by atoms with E-state index in [0.717, 1.165) is 14.6 Å². The molecule has 1 amide bonds. The highest BCUT2D eigenvalue weighted by Gasteiger charge is 2.09. The highest BCUT2D eigenvalue weighted by molar-refractivity contribution is 9.11. The van der Waals surface area contributed by atoms with Crippen molar-refractivity contribution >= 4 is 49.1 Å². The van der Waals surface area contributed by atoms with Gasteiger partial charge in [-0.1, -0.05) is 18.2 Å². The molecule has 0 saturated carbocycles. The number of anilines is 2. The number of rotatable bonds is 5. The Morgan fingerprint density at radius 3 is 2.43 bits per heavy atom. The lowest BCUT2D eigenvalue weighted by Gasteiger charge is -2.12. The summed E-state index contributed by atoms with van der Waals surface area (Å²) in [4.78, 5) is 12.0. The van der Waals surface area contributed by atoms with Crippen LogP contribution in [0.1, 0.15) is 0 Å². The van der Waals surface area contributed by atoms with Crippen LogP contribution in [0.4, 0.5) is 11.4 Å². The molecule has 2 aromatic rings. The molecule has 0 aromatic heterocycles. The lowest BCUT2D eigenvalue weighted by Crippen LogP contribution is -2.22. The Labute approximate surface area is 140 Å². The number of carbonyl (C=O) groups excluding carboxylic acids is 1. The van der Waals surface area contributed by atoms with Crippen LogP contribution in [-0.4, -0.2) is 19.6 Å². The first kappa shape index (κ1) is 15.9. The number of nitrogens with one attached hydrogen (secondary N) is 2. The lowest BCUT2D eigenvalue weighted by molar-refractivity contribution is -0.114. The smallest absolute Gasteiger partial charge is 0.243 e. The quantitative estimate of drug-likeness (QED) is 0.769. The van der Waals surface area contributed by atoms with Gasteiger partial charge in [-0.05, 0) is 56.1 Å². The van der Waals surface area contributed by atoms with Crippen LogP contribution in [0.25, 0.3) is 0 Å². The SMILES string of the molecule is COc1ccccc1NC(=O)CNc1c(Br)cccc1Br. The van der Waals surface area contributed by atoms with E-state index in [9.17, 15) is 4.79 Å². The first-order chi connectivity index (χ1) is 10.1. The van der Waals surface area contributed by atoms with Crippen molar-refractivity contribution in [2.75, 3.05) is 24.3 Å². The van der Waals surface area contributed by atoms with Gasteiger partial charge < -0.3 is 15.4 Å². The van der Waals surface area contributed by atoms with Crippen molar-refractivity contribution in [2.24, 2.45) is 0 Å². The number of amides is 1. The lowest BCUT2D eigenvalue weighted by atomic mass is 10.3. The molecule has 4 nitrogen and oxygen atoms in total. The van der Waals surface area contributed by atoms with Crippen LogP contribution in [0.15, 0.2) is 51.4 Å². The standard InChI is InChI=1S/C15H14Br2N2O2/c1-21-13-8-3-2-7-12(13)19-14(20)9-18-15-10(16)5-4-6-11(15)17/h2-8,18H,9H2,1H3,(H,19,20). The minimum absolute atomic E-state index is 0.151. The number of hydrogen-bond donors (Lipinski definition) is 2. The van der Waals surface area contributed by atoms with Gasteiger partial charge in [0.1, 0.15) is 5.75 Å². The predicted molar refractivity (Wildman–Crippen MR) is 92.0 cm³/mol. The largest absolute Gasteiger partial charge is 0.495 e. The average Bonchev–Trinajstić information content (AvgIpc) is 2.47. The van der Waals surface area contributed by atoms with E-state index in [-0.39, 0.29) is 12.5 Å². The summed E-state index contributed by atoms with van der Waals surface area (Å²) in [6.45, 7) is 0.152. The fourth-order valence-electron chi connectivity index (χ4n) is 1.78. The normalized spacial score (nSPS) is 10.0. The number of halogens is 2. The van der Waals surface area contributed by atoms with E-state index in [2.05, 4.69) is 42.5 Å². The molecule has 0 atom stereocenters. The van der Waals surface area contributed by atoms with Gasteiger partial charge in [-0.2, -0.15) is 0 Å². The first-order valence-corrected chi connectivity index (χ1v) is 7.81. The first-order valence-electron chi connectivity index (χ1n) is 6.22. The maximum atomic E-state index is 12.0. The topological polar surface area (TPSA) is 50.4 Å². The number of carbonyl (C=O) groups is 1. The second-order valence-electron chi connectivity index (χ2n) is 4.20. The molecule has 0 aliphatic carbocycles. The molecule has 2 N–H and O–H groups in total. The van der Waals surface area contributed by atoms with Gasteiger partial charge >= 0.3 is 0 Å². The molecule has 21 heavy (non-hydrogen) atoms. The van der Waals surface area contributed by atoms with Crippen molar-refractivity contribution in [2.45, 2.75) is 0 Å². The van der Waals surface area contributed by atoms with Gasteiger partial charge in [-0.3, -0.25) is 4.79 Å². The van der Waals surface area contributed by atoms with Crippen LogP contribution >= 0.6 is 31.9 Å². The van der Waals surface area contributed by atoms with Gasteiger partial charge in [0, 0.05) is 8.95 Å². The highest BCUT2D eigenvalue weighted by Crippen LogP contribution is 2.30. The Balaban J connectivity index is 1.99. The predicted octanol–water partition coefficient (Wildman–Crippen LogP) is 4.27. The third-order valence-corrected chi connectivity index (χ3v) is 4.09. The molecule has 0 spiro atoms. The van der Waals surface area contributed by atoms with Crippen LogP contribution in [0, 0.1) is 0 Å². The third kappa shape index (κ3) is 4.22. The molecule has 0 fully saturated rings. The molecular formula is C15H14Br2N2O2. The van der Waals surface area contributed by atoms with E-state index >= 15 is 0 Å². The van der Waals surface area contributed by atoms with Gasteiger partial charge in [-0.15, -0.1) is 0 Å². The van der Waals surface area contributed by atoms with Crippen LogP contribution < -0.4 is 15.4 Å². The van der Waals surface area contributed by atoms with Crippen LogP contribution in [-0.2, 0) is 4.79 Å². The number of para-hydroxylation sites is 3. The van der Waals surface area contributed by atoms with Crippen molar-refractivity contribution in [3.8, 4) is 5.75 Å². The molecule has 0 aliphatic rings. The monoisotopic (exact) mass is 412 g/mol. The molecule has 2 rings (SSSR count). The Kier molecular flexibility index (Phi) is 5.64. The van der Waals surface area contributed by atoms with E-state index in [4.69, 9.17) is 4.74 Å². The van der Waals surface area contributed by atoms with Crippen molar-refractivity contribution in [3.63, 3.8) is 0 Å². The zero-order chi connectivity index (χ0) is 15.2. The Hall–Kier alpha value is -1.53. The van der Waals surface area contributed by atoms with Gasteiger partial charge in [0.15, 0.2) is 0 Å². The number of benzene rings is 2. The Morgan fingerprint density at radius 2 is 1.76 bits per heavy atom. The second kappa shape index (κ2) is 7.47. The molecule has 0 heterocycles. The minimum Gasteiger partial charge on any atom is -0.495 e. The molecule has 0 aliphatic heterocycles. The maximum absolute atomic E-state index is 12.0. The second-order valence-corrected chi connectivity index (χ2v) is 5.91. The molecule has 6 heteroatoms. The van der Waals surface area contributed by atoms with E-state index in [1.165, 1.54) is 0 Å². The van der Waals surface area contributed by atoms with Crippen LogP contribution in [0.2, 0.25) is 0 Å². The zero-order valence-corrected chi connectivity index (χ0v) is 14.5. The van der Waals surface area contributed by atoms with Gasteiger partial charge in [0.2, 0.25) is 5.91 Å². The van der Waals surface area contributed by atoms with Gasteiger partial charge in [-0.25, -0.2) is 0 Å². The van der Waals surface area contributed by atoms with Crippen molar-refractivity contribution < 1.29 is 9.53 Å². The van der Waals surface area contributed by atoms with E-state index < -0.39 is 0 Å². The summed E-state index contributed by atoms with van der Waals surface area (Å²) in [7, 11) is 1.57. The Bertz CT molecular complexity index is 627. The third-order valence-electron chi connectivity index (χ3n) is 2.77. The molecule has 0 saturated heterocycles. The fraction of sp³-hybridized carbons (Fsp3) is 0.133. The van der Waals surface area contributed by atoms with E-state index in [1.54, 1.807) is 19.2 Å². The molecule has 110 valence electrons. The minimum atomic E-state index is -0.151. The average molecular weight is 414 g/mol. The highest BCUT2D eigenvalue weighted by atomic mass is 79.9. The van der Waals surface area contributed by atoms with Crippen molar-refractivity contribution in [1.82, 2.24) is 0 Å². The van der Waals surface area contributed by atoms with Crippen LogP contribution in [0.5, 0.6) is 5.75 Å². The molecular weight excluding hydrogens is 400 g/mol. The summed E-state index contributed by atoms with van der Waals surface area (Å²) in [6, 6.07) is 13.0. The summed E-state index contributed by atoms with van der Waals surface area (Å²) in [5, 5.41) is 5.91. The van der Waals surface area contributed by atoms with Crippen molar-refractivity contribution in [3.05, 3.63) is 51.4 Å².